The Bertz CT molecular complexity index is 857. The van der Waals surface area contributed by atoms with Crippen LogP contribution in [0.4, 0.5) is 4.39 Å². The van der Waals surface area contributed by atoms with Gasteiger partial charge in [-0.3, -0.25) is 9.78 Å². The highest BCUT2D eigenvalue weighted by Gasteiger charge is 2.08. The van der Waals surface area contributed by atoms with Crippen molar-refractivity contribution in [1.29, 1.82) is 0 Å². The van der Waals surface area contributed by atoms with E-state index < -0.39 is 0 Å². The minimum Gasteiger partial charge on any atom is -0.457 e. The van der Waals surface area contributed by atoms with Gasteiger partial charge in [0.25, 0.3) is 0 Å². The molecular weight excluding hydrogens is 307 g/mol. The molecule has 0 fully saturated rings. The molecule has 0 atom stereocenters. The second-order valence-electron chi connectivity index (χ2n) is 5.05. The maximum atomic E-state index is 13.7. The lowest BCUT2D eigenvalue weighted by molar-refractivity contribution is -0.116. The maximum absolute atomic E-state index is 13.7. The van der Waals surface area contributed by atoms with Crippen molar-refractivity contribution in [1.82, 2.24) is 10.3 Å². The number of aromatic nitrogens is 1. The van der Waals surface area contributed by atoms with E-state index in [-0.39, 0.29) is 11.7 Å². The summed E-state index contributed by atoms with van der Waals surface area (Å²) in [6, 6.07) is 15.2. The first kappa shape index (κ1) is 15.7. The molecule has 3 rings (SSSR count). The molecule has 0 aliphatic rings. The first-order valence-electron chi connectivity index (χ1n) is 7.43. The second-order valence-corrected chi connectivity index (χ2v) is 5.05. The monoisotopic (exact) mass is 322 g/mol. The van der Waals surface area contributed by atoms with Crippen LogP contribution < -0.4 is 5.32 Å². The molecule has 0 radical (unpaired) electrons. The highest BCUT2D eigenvalue weighted by molar-refractivity contribution is 5.91. The minimum atomic E-state index is -0.351. The van der Waals surface area contributed by atoms with Crippen molar-refractivity contribution >= 4 is 12.0 Å². The molecule has 120 valence electrons. The van der Waals surface area contributed by atoms with Crippen molar-refractivity contribution in [3.63, 3.8) is 0 Å². The molecule has 0 saturated heterocycles. The SMILES string of the molecule is O=C(/C=C/c1ccc(-c2ccccc2F)o1)NCc1ccccn1. The van der Waals surface area contributed by atoms with Gasteiger partial charge in [-0.1, -0.05) is 18.2 Å². The van der Waals surface area contributed by atoms with Gasteiger partial charge in [0.2, 0.25) is 5.91 Å². The fraction of sp³-hybridized carbons (Fsp3) is 0.0526. The van der Waals surface area contributed by atoms with Gasteiger partial charge in [-0.15, -0.1) is 0 Å². The summed E-state index contributed by atoms with van der Waals surface area (Å²) in [4.78, 5) is 15.9. The molecule has 5 heteroatoms. The van der Waals surface area contributed by atoms with Gasteiger partial charge in [0.05, 0.1) is 17.8 Å². The molecule has 0 unspecified atom stereocenters. The molecule has 0 aliphatic carbocycles. The third kappa shape index (κ3) is 3.95. The van der Waals surface area contributed by atoms with E-state index in [4.69, 9.17) is 4.42 Å². The standard InChI is InChI=1S/C19H15FN2O2/c20-17-7-2-1-6-16(17)18-10-8-15(24-18)9-11-19(23)22-13-14-5-3-4-12-21-14/h1-12H,13H2,(H,22,23)/b11-9+. The zero-order valence-corrected chi connectivity index (χ0v) is 12.8. The van der Waals surface area contributed by atoms with Crippen LogP contribution >= 0.6 is 0 Å². The van der Waals surface area contributed by atoms with E-state index in [0.717, 1.165) is 5.69 Å². The number of carbonyl (C=O) groups excluding carboxylic acids is 1. The summed E-state index contributed by atoms with van der Waals surface area (Å²) in [7, 11) is 0. The number of furan rings is 1. The zero-order chi connectivity index (χ0) is 16.8. The largest absolute Gasteiger partial charge is 0.457 e. The molecule has 4 nitrogen and oxygen atoms in total. The number of amides is 1. The molecule has 0 spiro atoms. The van der Waals surface area contributed by atoms with Crippen LogP contribution in [0.2, 0.25) is 0 Å². The number of halogens is 1. The number of hydrogen-bond acceptors (Lipinski definition) is 3. The van der Waals surface area contributed by atoms with Crippen LogP contribution in [0.3, 0.4) is 0 Å². The smallest absolute Gasteiger partial charge is 0.244 e. The third-order valence-corrected chi connectivity index (χ3v) is 3.33. The number of benzene rings is 1. The summed E-state index contributed by atoms with van der Waals surface area (Å²) in [5.41, 5.74) is 1.16. The van der Waals surface area contributed by atoms with E-state index in [1.54, 1.807) is 36.5 Å². The number of hydrogen-bond donors (Lipinski definition) is 1. The predicted octanol–water partition coefficient (Wildman–Crippen LogP) is 3.81. The Morgan fingerprint density at radius 1 is 1.12 bits per heavy atom. The normalized spacial score (nSPS) is 10.9. The zero-order valence-electron chi connectivity index (χ0n) is 12.8. The predicted molar refractivity (Wildman–Crippen MR) is 89.2 cm³/mol. The van der Waals surface area contributed by atoms with Crippen molar-refractivity contribution in [2.75, 3.05) is 0 Å². The van der Waals surface area contributed by atoms with Crippen LogP contribution in [0.25, 0.3) is 17.4 Å². The summed E-state index contributed by atoms with van der Waals surface area (Å²) in [6.07, 6.45) is 4.58. The second kappa shape index (κ2) is 7.37. The van der Waals surface area contributed by atoms with Crippen LogP contribution in [0.1, 0.15) is 11.5 Å². The summed E-state index contributed by atoms with van der Waals surface area (Å²) in [5.74, 6) is 0.280. The van der Waals surface area contributed by atoms with E-state index in [0.29, 0.717) is 23.6 Å². The fourth-order valence-electron chi connectivity index (χ4n) is 2.15. The molecule has 1 N–H and O–H groups in total. The highest BCUT2D eigenvalue weighted by atomic mass is 19.1. The molecule has 1 aromatic carbocycles. The van der Waals surface area contributed by atoms with Crippen LogP contribution in [-0.4, -0.2) is 10.9 Å². The van der Waals surface area contributed by atoms with Gasteiger partial charge in [0.1, 0.15) is 17.3 Å². The number of rotatable bonds is 5. The lowest BCUT2D eigenvalue weighted by atomic mass is 10.1. The van der Waals surface area contributed by atoms with E-state index >= 15 is 0 Å². The molecule has 1 amide bonds. The Hall–Kier alpha value is -3.21. The third-order valence-electron chi connectivity index (χ3n) is 3.33. The van der Waals surface area contributed by atoms with Crippen molar-refractivity contribution in [2.45, 2.75) is 6.54 Å². The van der Waals surface area contributed by atoms with E-state index in [1.165, 1.54) is 18.2 Å². The van der Waals surface area contributed by atoms with Crippen molar-refractivity contribution < 1.29 is 13.6 Å². The summed E-state index contributed by atoms with van der Waals surface area (Å²) in [5, 5.41) is 2.73. The summed E-state index contributed by atoms with van der Waals surface area (Å²) in [6.45, 7) is 0.350. The Balaban J connectivity index is 1.61. The van der Waals surface area contributed by atoms with Crippen molar-refractivity contribution in [2.24, 2.45) is 0 Å². The molecule has 24 heavy (non-hydrogen) atoms. The van der Waals surface area contributed by atoms with Crippen LogP contribution in [0.5, 0.6) is 0 Å². The average Bonchev–Trinajstić information content (AvgIpc) is 3.08. The van der Waals surface area contributed by atoms with Crippen LogP contribution in [0.15, 0.2) is 71.3 Å². The van der Waals surface area contributed by atoms with Gasteiger partial charge in [0, 0.05) is 12.3 Å². The van der Waals surface area contributed by atoms with Gasteiger partial charge < -0.3 is 9.73 Å². The van der Waals surface area contributed by atoms with Gasteiger partial charge in [-0.25, -0.2) is 4.39 Å². The maximum Gasteiger partial charge on any atom is 0.244 e. The molecule has 3 aromatic rings. The van der Waals surface area contributed by atoms with E-state index in [9.17, 15) is 9.18 Å². The summed E-state index contributed by atoms with van der Waals surface area (Å²) < 4.78 is 19.3. The first-order chi connectivity index (χ1) is 11.7. The molecule has 0 aliphatic heterocycles. The number of carbonyl (C=O) groups is 1. The molecule has 0 bridgehead atoms. The van der Waals surface area contributed by atoms with Crippen LogP contribution in [-0.2, 0) is 11.3 Å². The molecule has 0 saturated carbocycles. The molecular formula is C19H15FN2O2. The van der Waals surface area contributed by atoms with Gasteiger partial charge in [0.15, 0.2) is 0 Å². The Kier molecular flexibility index (Phi) is 4.81. The van der Waals surface area contributed by atoms with Crippen molar-refractivity contribution in [3.8, 4) is 11.3 Å². The Morgan fingerprint density at radius 2 is 1.96 bits per heavy atom. The average molecular weight is 322 g/mol. The Labute approximate surface area is 138 Å². The van der Waals surface area contributed by atoms with E-state index in [1.807, 2.05) is 18.2 Å². The van der Waals surface area contributed by atoms with Gasteiger partial charge in [-0.2, -0.15) is 0 Å². The summed E-state index contributed by atoms with van der Waals surface area (Å²) >= 11 is 0. The number of nitrogens with one attached hydrogen (secondary N) is 1. The van der Waals surface area contributed by atoms with Gasteiger partial charge in [-0.05, 0) is 42.5 Å². The quantitative estimate of drug-likeness (QED) is 0.727. The lowest BCUT2D eigenvalue weighted by Gasteiger charge is -2.00. The first-order valence-corrected chi connectivity index (χ1v) is 7.43. The molecule has 2 aromatic heterocycles. The number of pyridine rings is 1. The van der Waals surface area contributed by atoms with Gasteiger partial charge >= 0.3 is 0 Å². The fourth-order valence-corrected chi connectivity index (χ4v) is 2.15. The lowest BCUT2D eigenvalue weighted by Crippen LogP contribution is -2.20. The molecule has 2 heterocycles. The highest BCUT2D eigenvalue weighted by Crippen LogP contribution is 2.25. The number of nitrogens with zero attached hydrogens (tertiary/aromatic N) is 1. The minimum absolute atomic E-state index is 0.260. The van der Waals surface area contributed by atoms with Crippen molar-refractivity contribution in [3.05, 3.63) is 84.1 Å². The Morgan fingerprint density at radius 3 is 2.75 bits per heavy atom. The van der Waals surface area contributed by atoms with Crippen LogP contribution in [0, 0.1) is 5.82 Å². The van der Waals surface area contributed by atoms with E-state index in [2.05, 4.69) is 10.3 Å². The topological polar surface area (TPSA) is 55.1 Å².